The van der Waals surface area contributed by atoms with Gasteiger partial charge in [0.25, 0.3) is 5.91 Å². The largest absolute Gasteiger partial charge is 0.336 e. The normalized spacial score (nSPS) is 20.1. The third-order valence-corrected chi connectivity index (χ3v) is 4.71. The topological polar surface area (TPSA) is 73.0 Å². The van der Waals surface area contributed by atoms with Crippen LogP contribution in [0.2, 0.25) is 0 Å². The Labute approximate surface area is 150 Å². The van der Waals surface area contributed by atoms with Crippen LogP contribution < -0.4 is 15.1 Å². The molecule has 132 valence electrons. The summed E-state index contributed by atoms with van der Waals surface area (Å²) in [6.07, 6.45) is 0. The van der Waals surface area contributed by atoms with Gasteiger partial charge in [-0.15, -0.1) is 0 Å². The minimum absolute atomic E-state index is 0.180. The van der Waals surface area contributed by atoms with Crippen molar-refractivity contribution in [1.29, 1.82) is 0 Å². The molecule has 0 bridgehead atoms. The monoisotopic (exact) mass is 350 g/mol. The number of benzene rings is 2. The lowest BCUT2D eigenvalue weighted by molar-refractivity contribution is -0.119. The van der Waals surface area contributed by atoms with E-state index in [9.17, 15) is 14.4 Å². The highest BCUT2D eigenvalue weighted by Crippen LogP contribution is 2.34. The van der Waals surface area contributed by atoms with Gasteiger partial charge in [-0.25, -0.2) is 14.5 Å². The molecule has 2 saturated heterocycles. The molecular formula is C19H18N4O3. The SMILES string of the molecule is CN1C(=O)N(c2cccc(N3CCNC3=O)c2)C(=O)[C@@H]1c1ccccc1. The summed E-state index contributed by atoms with van der Waals surface area (Å²) in [4.78, 5) is 41.8. The van der Waals surface area contributed by atoms with Crippen molar-refractivity contribution in [2.45, 2.75) is 6.04 Å². The number of urea groups is 2. The van der Waals surface area contributed by atoms with Gasteiger partial charge in [0.1, 0.15) is 6.04 Å². The van der Waals surface area contributed by atoms with Gasteiger partial charge in [0.2, 0.25) is 0 Å². The summed E-state index contributed by atoms with van der Waals surface area (Å²) in [7, 11) is 1.62. The Bertz CT molecular complexity index is 883. The molecule has 5 amide bonds. The van der Waals surface area contributed by atoms with Crippen molar-refractivity contribution >= 4 is 29.3 Å². The second-order valence-corrected chi connectivity index (χ2v) is 6.28. The van der Waals surface area contributed by atoms with Crippen molar-refractivity contribution in [3.05, 3.63) is 60.2 Å². The van der Waals surface area contributed by atoms with Crippen molar-refractivity contribution in [3.8, 4) is 0 Å². The summed E-state index contributed by atoms with van der Waals surface area (Å²) in [5, 5.41) is 2.74. The van der Waals surface area contributed by atoms with Crippen LogP contribution in [-0.4, -0.2) is 43.0 Å². The summed E-state index contributed by atoms with van der Waals surface area (Å²) < 4.78 is 0. The summed E-state index contributed by atoms with van der Waals surface area (Å²) in [5.41, 5.74) is 1.89. The zero-order chi connectivity index (χ0) is 18.3. The van der Waals surface area contributed by atoms with E-state index in [-0.39, 0.29) is 18.0 Å². The van der Waals surface area contributed by atoms with Crippen molar-refractivity contribution in [2.75, 3.05) is 29.9 Å². The first-order chi connectivity index (χ1) is 12.6. The Hall–Kier alpha value is -3.35. The molecule has 0 unspecified atom stereocenters. The molecule has 2 fully saturated rings. The van der Waals surface area contributed by atoms with Crippen LogP contribution in [-0.2, 0) is 4.79 Å². The molecule has 2 aromatic rings. The molecule has 0 radical (unpaired) electrons. The molecule has 26 heavy (non-hydrogen) atoms. The minimum Gasteiger partial charge on any atom is -0.336 e. The average molecular weight is 350 g/mol. The maximum Gasteiger partial charge on any atom is 0.332 e. The second-order valence-electron chi connectivity index (χ2n) is 6.28. The fourth-order valence-electron chi connectivity index (χ4n) is 3.41. The summed E-state index contributed by atoms with van der Waals surface area (Å²) in [5.74, 6) is -0.299. The maximum atomic E-state index is 13.0. The van der Waals surface area contributed by atoms with Crippen LogP contribution in [0.4, 0.5) is 21.0 Å². The number of carbonyl (C=O) groups excluding carboxylic acids is 3. The molecule has 0 aliphatic carbocycles. The Morgan fingerprint density at radius 3 is 2.38 bits per heavy atom. The molecule has 0 spiro atoms. The van der Waals surface area contributed by atoms with Gasteiger partial charge in [-0.05, 0) is 23.8 Å². The zero-order valence-corrected chi connectivity index (χ0v) is 14.3. The number of rotatable bonds is 3. The van der Waals surface area contributed by atoms with Gasteiger partial charge in [-0.1, -0.05) is 36.4 Å². The number of hydrogen-bond donors (Lipinski definition) is 1. The van der Waals surface area contributed by atoms with E-state index in [0.29, 0.717) is 24.5 Å². The van der Waals surface area contributed by atoms with E-state index in [4.69, 9.17) is 0 Å². The molecule has 2 aliphatic rings. The molecule has 7 heteroatoms. The van der Waals surface area contributed by atoms with Gasteiger partial charge in [0, 0.05) is 25.8 Å². The Morgan fingerprint density at radius 1 is 0.962 bits per heavy atom. The number of amides is 5. The molecule has 4 rings (SSSR count). The number of anilines is 2. The first-order valence-corrected chi connectivity index (χ1v) is 8.39. The average Bonchev–Trinajstić information content (AvgIpc) is 3.17. The summed E-state index contributed by atoms with van der Waals surface area (Å²) >= 11 is 0. The fraction of sp³-hybridized carbons (Fsp3) is 0.211. The van der Waals surface area contributed by atoms with Crippen LogP contribution in [0, 0.1) is 0 Å². The van der Waals surface area contributed by atoms with Crippen LogP contribution in [0.15, 0.2) is 54.6 Å². The van der Waals surface area contributed by atoms with E-state index in [1.165, 1.54) is 9.80 Å². The van der Waals surface area contributed by atoms with E-state index in [0.717, 1.165) is 5.56 Å². The Kier molecular flexibility index (Phi) is 3.84. The molecular weight excluding hydrogens is 332 g/mol. The Morgan fingerprint density at radius 2 is 1.69 bits per heavy atom. The smallest absolute Gasteiger partial charge is 0.332 e. The summed E-state index contributed by atoms with van der Waals surface area (Å²) in [6, 6.07) is 14.9. The lowest BCUT2D eigenvalue weighted by Crippen LogP contribution is -2.32. The van der Waals surface area contributed by atoms with Crippen molar-refractivity contribution in [3.63, 3.8) is 0 Å². The van der Waals surface area contributed by atoms with Crippen LogP contribution in [0.3, 0.4) is 0 Å². The van der Waals surface area contributed by atoms with Gasteiger partial charge in [0.05, 0.1) is 5.69 Å². The first kappa shape index (κ1) is 16.1. The molecule has 0 saturated carbocycles. The number of imide groups is 1. The number of hydrogen-bond acceptors (Lipinski definition) is 3. The van der Waals surface area contributed by atoms with Gasteiger partial charge in [-0.3, -0.25) is 9.69 Å². The molecule has 2 heterocycles. The van der Waals surface area contributed by atoms with E-state index in [1.54, 1.807) is 36.2 Å². The van der Waals surface area contributed by atoms with E-state index < -0.39 is 6.04 Å². The standard InChI is InChI=1S/C19H18N4O3/c1-21-16(13-6-3-2-4-7-13)17(24)23(19(21)26)15-9-5-8-14(12-15)22-11-10-20-18(22)25/h2-9,12,16H,10-11H2,1H3,(H,20,25)/t16-/m0/s1. The third-order valence-electron chi connectivity index (χ3n) is 4.71. The molecule has 2 aliphatic heterocycles. The van der Waals surface area contributed by atoms with E-state index >= 15 is 0 Å². The zero-order valence-electron chi connectivity index (χ0n) is 14.3. The van der Waals surface area contributed by atoms with Crippen molar-refractivity contribution in [2.24, 2.45) is 0 Å². The number of carbonyl (C=O) groups is 3. The molecule has 0 aromatic heterocycles. The second kappa shape index (κ2) is 6.18. The van der Waals surface area contributed by atoms with Crippen molar-refractivity contribution in [1.82, 2.24) is 10.2 Å². The molecule has 1 N–H and O–H groups in total. The quantitative estimate of drug-likeness (QED) is 0.864. The van der Waals surface area contributed by atoms with Gasteiger partial charge in [-0.2, -0.15) is 0 Å². The fourth-order valence-corrected chi connectivity index (χ4v) is 3.41. The number of nitrogens with one attached hydrogen (secondary N) is 1. The highest BCUT2D eigenvalue weighted by Gasteiger charge is 2.44. The first-order valence-electron chi connectivity index (χ1n) is 8.39. The summed E-state index contributed by atoms with van der Waals surface area (Å²) in [6.45, 7) is 1.13. The lowest BCUT2D eigenvalue weighted by Gasteiger charge is -2.18. The molecule has 7 nitrogen and oxygen atoms in total. The molecule has 2 aromatic carbocycles. The number of likely N-dealkylation sites (N-methyl/N-ethyl adjacent to an activating group) is 1. The van der Waals surface area contributed by atoms with Crippen LogP contribution >= 0.6 is 0 Å². The van der Waals surface area contributed by atoms with Crippen LogP contribution in [0.1, 0.15) is 11.6 Å². The third kappa shape index (κ3) is 2.48. The van der Waals surface area contributed by atoms with Crippen LogP contribution in [0.5, 0.6) is 0 Å². The molecule has 1 atom stereocenters. The Balaban J connectivity index is 1.69. The van der Waals surface area contributed by atoms with Gasteiger partial charge in [0.15, 0.2) is 0 Å². The maximum absolute atomic E-state index is 13.0. The van der Waals surface area contributed by atoms with Gasteiger partial charge < -0.3 is 10.2 Å². The van der Waals surface area contributed by atoms with Crippen LogP contribution in [0.25, 0.3) is 0 Å². The highest BCUT2D eigenvalue weighted by molar-refractivity contribution is 6.21. The lowest BCUT2D eigenvalue weighted by atomic mass is 10.1. The van der Waals surface area contributed by atoms with E-state index in [1.807, 2.05) is 30.3 Å². The minimum atomic E-state index is -0.651. The predicted molar refractivity (Wildman–Crippen MR) is 97.0 cm³/mol. The highest BCUT2D eigenvalue weighted by atomic mass is 16.2. The van der Waals surface area contributed by atoms with Crippen molar-refractivity contribution < 1.29 is 14.4 Å². The van der Waals surface area contributed by atoms with Gasteiger partial charge >= 0.3 is 12.1 Å². The predicted octanol–water partition coefficient (Wildman–Crippen LogP) is 2.36. The van der Waals surface area contributed by atoms with E-state index in [2.05, 4.69) is 5.32 Å². The number of nitrogens with zero attached hydrogens (tertiary/aromatic N) is 3.